The summed E-state index contributed by atoms with van der Waals surface area (Å²) in [4.78, 5) is 12.0. The minimum Gasteiger partial charge on any atom is -0.508 e. The highest BCUT2D eigenvalue weighted by Gasteiger charge is 2.12. The van der Waals surface area contributed by atoms with Crippen LogP contribution in [0.4, 0.5) is 0 Å². The van der Waals surface area contributed by atoms with Crippen LogP contribution in [0, 0.1) is 0 Å². The molecule has 2 aromatic rings. The van der Waals surface area contributed by atoms with E-state index in [4.69, 9.17) is 0 Å². The van der Waals surface area contributed by atoms with Crippen LogP contribution in [-0.2, 0) is 0 Å². The van der Waals surface area contributed by atoms with E-state index in [0.29, 0.717) is 15.7 Å². The van der Waals surface area contributed by atoms with Crippen molar-refractivity contribution >= 4 is 27.5 Å². The molecule has 0 saturated heterocycles. The van der Waals surface area contributed by atoms with E-state index < -0.39 is 5.91 Å². The van der Waals surface area contributed by atoms with Crippen LogP contribution >= 0.6 is 15.9 Å². The number of carbonyl (C=O) groups excluding carboxylic acids is 1. The fraction of sp³-hybridized carbons (Fsp3) is 0.0667. The summed E-state index contributed by atoms with van der Waals surface area (Å²) in [5.74, 6) is -0.976. The van der Waals surface area contributed by atoms with Crippen LogP contribution in [-0.4, -0.2) is 26.9 Å². The lowest BCUT2D eigenvalue weighted by molar-refractivity contribution is 0.0952. The molecule has 0 fully saturated rings. The van der Waals surface area contributed by atoms with E-state index in [9.17, 15) is 20.1 Å². The molecule has 7 heteroatoms. The minimum atomic E-state index is -0.587. The molecule has 22 heavy (non-hydrogen) atoms. The van der Waals surface area contributed by atoms with E-state index in [2.05, 4.69) is 26.5 Å². The number of phenolic OH excluding ortho intramolecular Hbond substituents is 3. The summed E-state index contributed by atoms with van der Waals surface area (Å²) in [5.41, 5.74) is 3.09. The van der Waals surface area contributed by atoms with Gasteiger partial charge in [-0.05, 0) is 37.3 Å². The summed E-state index contributed by atoms with van der Waals surface area (Å²) < 4.78 is 0.646. The predicted molar refractivity (Wildman–Crippen MR) is 85.3 cm³/mol. The van der Waals surface area contributed by atoms with Crippen molar-refractivity contribution in [2.75, 3.05) is 0 Å². The highest BCUT2D eigenvalue weighted by Crippen LogP contribution is 2.23. The normalized spacial score (nSPS) is 11.3. The van der Waals surface area contributed by atoms with Crippen molar-refractivity contribution in [3.8, 4) is 17.2 Å². The number of hydrogen-bond donors (Lipinski definition) is 4. The fourth-order valence-electron chi connectivity index (χ4n) is 1.77. The largest absolute Gasteiger partial charge is 0.508 e. The number of aromatic hydroxyl groups is 3. The number of nitrogens with one attached hydrogen (secondary N) is 1. The molecule has 0 aliphatic carbocycles. The van der Waals surface area contributed by atoms with Crippen LogP contribution in [0.1, 0.15) is 22.8 Å². The Bertz CT molecular complexity index is 759. The van der Waals surface area contributed by atoms with Crippen LogP contribution < -0.4 is 5.43 Å². The summed E-state index contributed by atoms with van der Waals surface area (Å²) in [6.07, 6.45) is 0. The number of hydrazone groups is 1. The third-order valence-electron chi connectivity index (χ3n) is 2.90. The number of halogens is 1. The topological polar surface area (TPSA) is 102 Å². The molecule has 0 aliphatic rings. The zero-order valence-corrected chi connectivity index (χ0v) is 13.1. The molecule has 0 aromatic heterocycles. The Morgan fingerprint density at radius 1 is 1.05 bits per heavy atom. The molecule has 0 bridgehead atoms. The minimum absolute atomic E-state index is 0.0702. The summed E-state index contributed by atoms with van der Waals surface area (Å²) in [6.45, 7) is 1.59. The number of nitrogens with zero attached hydrogens (tertiary/aromatic N) is 1. The van der Waals surface area contributed by atoms with Crippen molar-refractivity contribution < 1.29 is 20.1 Å². The van der Waals surface area contributed by atoms with Gasteiger partial charge in [0, 0.05) is 16.1 Å². The van der Waals surface area contributed by atoms with Crippen LogP contribution in [0.3, 0.4) is 0 Å². The zero-order chi connectivity index (χ0) is 16.3. The van der Waals surface area contributed by atoms with Crippen LogP contribution in [0.2, 0.25) is 0 Å². The first-order valence-electron chi connectivity index (χ1n) is 6.24. The second-order valence-corrected chi connectivity index (χ2v) is 5.42. The molecule has 0 unspecified atom stereocenters. The molecule has 1 amide bonds. The summed E-state index contributed by atoms with van der Waals surface area (Å²) in [5, 5.41) is 32.5. The lowest BCUT2D eigenvalue weighted by Gasteiger charge is -2.07. The van der Waals surface area contributed by atoms with E-state index in [0.717, 1.165) is 0 Å². The van der Waals surface area contributed by atoms with Gasteiger partial charge in [-0.1, -0.05) is 15.9 Å². The Hall–Kier alpha value is -2.54. The van der Waals surface area contributed by atoms with Crippen molar-refractivity contribution in [3.63, 3.8) is 0 Å². The first kappa shape index (κ1) is 15.8. The summed E-state index contributed by atoms with van der Waals surface area (Å²) >= 11 is 3.21. The molecule has 0 saturated carbocycles. The maximum atomic E-state index is 12.0. The van der Waals surface area contributed by atoms with Gasteiger partial charge in [-0.3, -0.25) is 4.79 Å². The molecular weight excluding hydrogens is 352 g/mol. The number of amides is 1. The Morgan fingerprint density at radius 3 is 2.45 bits per heavy atom. The van der Waals surface area contributed by atoms with E-state index >= 15 is 0 Å². The molecule has 6 nitrogen and oxygen atoms in total. The monoisotopic (exact) mass is 364 g/mol. The van der Waals surface area contributed by atoms with E-state index in [1.807, 2.05) is 0 Å². The standard InChI is InChI=1S/C15H13BrN2O4/c1-8(11-4-3-10(19)7-14(11)21)17-18-15(22)12-6-9(16)2-5-13(12)20/h2-7,19-21H,1H3,(H,18,22)/b17-8-. The Labute approximate surface area is 134 Å². The molecular formula is C15H13BrN2O4. The Kier molecular flexibility index (Phi) is 4.67. The number of phenols is 3. The summed E-state index contributed by atoms with van der Waals surface area (Å²) in [7, 11) is 0. The Morgan fingerprint density at radius 2 is 1.77 bits per heavy atom. The molecule has 114 valence electrons. The predicted octanol–water partition coefficient (Wildman–Crippen LogP) is 2.72. The maximum absolute atomic E-state index is 12.0. The van der Waals surface area contributed by atoms with Crippen molar-refractivity contribution in [2.24, 2.45) is 5.10 Å². The smallest absolute Gasteiger partial charge is 0.275 e. The number of benzene rings is 2. The molecule has 0 spiro atoms. The lowest BCUT2D eigenvalue weighted by Crippen LogP contribution is -2.19. The van der Waals surface area contributed by atoms with E-state index in [1.54, 1.807) is 13.0 Å². The first-order valence-corrected chi connectivity index (χ1v) is 7.03. The fourth-order valence-corrected chi connectivity index (χ4v) is 2.13. The van der Waals surface area contributed by atoms with Gasteiger partial charge in [-0.25, -0.2) is 5.43 Å². The first-order chi connectivity index (χ1) is 10.4. The van der Waals surface area contributed by atoms with Gasteiger partial charge in [0.05, 0.1) is 11.3 Å². The SMILES string of the molecule is C/C(=N/NC(=O)c1cc(Br)ccc1O)c1ccc(O)cc1O. The van der Waals surface area contributed by atoms with Crippen LogP contribution in [0.25, 0.3) is 0 Å². The second-order valence-electron chi connectivity index (χ2n) is 4.50. The second kappa shape index (κ2) is 6.48. The average Bonchev–Trinajstić information content (AvgIpc) is 2.47. The van der Waals surface area contributed by atoms with Crippen molar-refractivity contribution in [2.45, 2.75) is 6.92 Å². The van der Waals surface area contributed by atoms with Gasteiger partial charge in [-0.2, -0.15) is 5.10 Å². The molecule has 0 atom stereocenters. The van der Waals surface area contributed by atoms with Crippen molar-refractivity contribution in [1.29, 1.82) is 0 Å². The lowest BCUT2D eigenvalue weighted by atomic mass is 10.1. The average molecular weight is 365 g/mol. The highest BCUT2D eigenvalue weighted by atomic mass is 79.9. The number of hydrogen-bond acceptors (Lipinski definition) is 5. The molecule has 4 N–H and O–H groups in total. The van der Waals surface area contributed by atoms with Crippen LogP contribution in [0.5, 0.6) is 17.2 Å². The van der Waals surface area contributed by atoms with Gasteiger partial charge >= 0.3 is 0 Å². The summed E-state index contributed by atoms with van der Waals surface area (Å²) in [6, 6.07) is 8.52. The zero-order valence-electron chi connectivity index (χ0n) is 11.5. The quantitative estimate of drug-likeness (QED) is 0.496. The number of carbonyl (C=O) groups is 1. The molecule has 0 heterocycles. The Balaban J connectivity index is 2.20. The third kappa shape index (κ3) is 3.56. The van der Waals surface area contributed by atoms with Gasteiger partial charge < -0.3 is 15.3 Å². The van der Waals surface area contributed by atoms with Gasteiger partial charge in [-0.15, -0.1) is 0 Å². The maximum Gasteiger partial charge on any atom is 0.275 e. The van der Waals surface area contributed by atoms with E-state index in [-0.39, 0.29) is 22.8 Å². The van der Waals surface area contributed by atoms with Crippen LogP contribution in [0.15, 0.2) is 46.0 Å². The molecule has 0 aliphatic heterocycles. The van der Waals surface area contributed by atoms with Gasteiger partial charge in [0.1, 0.15) is 17.2 Å². The van der Waals surface area contributed by atoms with Gasteiger partial charge in [0.2, 0.25) is 0 Å². The molecule has 2 rings (SSSR count). The number of rotatable bonds is 3. The van der Waals surface area contributed by atoms with Gasteiger partial charge in [0.15, 0.2) is 0 Å². The molecule has 2 aromatic carbocycles. The molecule has 0 radical (unpaired) electrons. The highest BCUT2D eigenvalue weighted by molar-refractivity contribution is 9.10. The van der Waals surface area contributed by atoms with E-state index in [1.165, 1.54) is 30.3 Å². The van der Waals surface area contributed by atoms with Gasteiger partial charge in [0.25, 0.3) is 5.91 Å². The van der Waals surface area contributed by atoms with Crippen molar-refractivity contribution in [1.82, 2.24) is 5.43 Å². The third-order valence-corrected chi connectivity index (χ3v) is 3.39. The van der Waals surface area contributed by atoms with Crippen molar-refractivity contribution in [3.05, 3.63) is 52.0 Å².